The predicted octanol–water partition coefficient (Wildman–Crippen LogP) is 2.72. The first-order valence-corrected chi connectivity index (χ1v) is 8.40. The Hall–Kier alpha value is -1.27. The Morgan fingerprint density at radius 3 is 2.60 bits per heavy atom. The first kappa shape index (κ1) is 16.8. The highest BCUT2D eigenvalue weighted by atomic mass is 32.2. The Bertz CT molecular complexity index is 529. The summed E-state index contributed by atoms with van der Waals surface area (Å²) in [4.78, 5) is 0.0848. The van der Waals surface area contributed by atoms with Crippen LogP contribution in [-0.2, 0) is 10.0 Å². The van der Waals surface area contributed by atoms with Gasteiger partial charge < -0.3 is 10.1 Å². The molecule has 0 aliphatic carbocycles. The molecule has 0 heterocycles. The number of hydrogen-bond donors (Lipinski definition) is 2. The van der Waals surface area contributed by atoms with Crippen molar-refractivity contribution < 1.29 is 13.2 Å². The maximum absolute atomic E-state index is 11.4. The van der Waals surface area contributed by atoms with E-state index in [2.05, 4.69) is 19.2 Å². The van der Waals surface area contributed by atoms with Crippen LogP contribution < -0.4 is 15.2 Å². The number of ether oxygens (including phenoxy) is 1. The number of anilines is 1. The van der Waals surface area contributed by atoms with Crippen LogP contribution in [0.5, 0.6) is 5.75 Å². The number of unbranched alkanes of at least 4 members (excludes halogenated alkanes) is 2. The normalized spacial score (nSPS) is 13.0. The van der Waals surface area contributed by atoms with Crippen molar-refractivity contribution in [1.82, 2.24) is 0 Å². The Morgan fingerprint density at radius 2 is 2.05 bits per heavy atom. The van der Waals surface area contributed by atoms with Gasteiger partial charge in [0.1, 0.15) is 5.75 Å². The monoisotopic (exact) mass is 300 g/mol. The summed E-state index contributed by atoms with van der Waals surface area (Å²) in [6.45, 7) is 4.23. The zero-order valence-electron chi connectivity index (χ0n) is 12.3. The number of nitrogens with two attached hydrogens (primary N) is 1. The number of hydrogen-bond acceptors (Lipinski definition) is 4. The molecular weight excluding hydrogens is 276 g/mol. The first-order valence-electron chi connectivity index (χ1n) is 6.85. The van der Waals surface area contributed by atoms with Gasteiger partial charge in [0.05, 0.1) is 17.7 Å². The largest absolute Gasteiger partial charge is 0.495 e. The Labute approximate surface area is 121 Å². The van der Waals surface area contributed by atoms with Gasteiger partial charge in [-0.05, 0) is 31.5 Å². The fourth-order valence-electron chi connectivity index (χ4n) is 2.02. The molecule has 6 heteroatoms. The molecule has 0 aliphatic rings. The van der Waals surface area contributed by atoms with Crippen LogP contribution in [0.1, 0.15) is 39.5 Å². The first-order chi connectivity index (χ1) is 9.38. The summed E-state index contributed by atoms with van der Waals surface area (Å²) < 4.78 is 28.0. The zero-order valence-corrected chi connectivity index (χ0v) is 13.2. The van der Waals surface area contributed by atoms with E-state index in [9.17, 15) is 8.42 Å². The van der Waals surface area contributed by atoms with E-state index in [1.165, 1.54) is 25.0 Å². The summed E-state index contributed by atoms with van der Waals surface area (Å²) in [6, 6.07) is 4.82. The van der Waals surface area contributed by atoms with E-state index in [-0.39, 0.29) is 10.9 Å². The fraction of sp³-hybridized carbons (Fsp3) is 0.571. The van der Waals surface area contributed by atoms with Gasteiger partial charge in [0, 0.05) is 6.04 Å². The van der Waals surface area contributed by atoms with Crippen molar-refractivity contribution in [3.8, 4) is 5.75 Å². The number of benzene rings is 1. The maximum Gasteiger partial charge on any atom is 0.238 e. The molecule has 3 N–H and O–H groups in total. The molecule has 1 aromatic rings. The van der Waals surface area contributed by atoms with Crippen LogP contribution >= 0.6 is 0 Å². The van der Waals surface area contributed by atoms with Crippen LogP contribution in [0, 0.1) is 0 Å². The average Bonchev–Trinajstić information content (AvgIpc) is 2.38. The van der Waals surface area contributed by atoms with E-state index >= 15 is 0 Å². The molecule has 0 aromatic heterocycles. The lowest BCUT2D eigenvalue weighted by Crippen LogP contribution is -2.17. The summed E-state index contributed by atoms with van der Waals surface area (Å²) in [7, 11) is -2.15. The Kier molecular flexibility index (Phi) is 6.29. The van der Waals surface area contributed by atoms with Crippen molar-refractivity contribution in [2.24, 2.45) is 5.14 Å². The molecular formula is C14H24N2O3S. The lowest BCUT2D eigenvalue weighted by molar-refractivity contribution is 0.415. The Morgan fingerprint density at radius 1 is 1.35 bits per heavy atom. The van der Waals surface area contributed by atoms with Crippen molar-refractivity contribution in [3.63, 3.8) is 0 Å². The second-order valence-electron chi connectivity index (χ2n) is 4.95. The minimum Gasteiger partial charge on any atom is -0.495 e. The van der Waals surface area contributed by atoms with Crippen LogP contribution in [0.3, 0.4) is 0 Å². The van der Waals surface area contributed by atoms with Gasteiger partial charge in [0.25, 0.3) is 0 Å². The van der Waals surface area contributed by atoms with Gasteiger partial charge in [-0.1, -0.05) is 26.2 Å². The van der Waals surface area contributed by atoms with E-state index in [4.69, 9.17) is 9.88 Å². The van der Waals surface area contributed by atoms with Gasteiger partial charge in [-0.15, -0.1) is 0 Å². The molecule has 5 nitrogen and oxygen atoms in total. The lowest BCUT2D eigenvalue weighted by Gasteiger charge is -2.18. The summed E-state index contributed by atoms with van der Waals surface area (Å²) in [5, 5.41) is 8.44. The van der Waals surface area contributed by atoms with E-state index in [1.54, 1.807) is 13.2 Å². The number of nitrogens with one attached hydrogen (secondary N) is 1. The molecule has 0 saturated carbocycles. The van der Waals surface area contributed by atoms with Gasteiger partial charge in [-0.25, -0.2) is 13.6 Å². The second kappa shape index (κ2) is 7.50. The van der Waals surface area contributed by atoms with Gasteiger partial charge in [0.2, 0.25) is 10.0 Å². The fourth-order valence-corrected chi connectivity index (χ4v) is 2.55. The molecule has 0 amide bonds. The van der Waals surface area contributed by atoms with E-state index in [1.807, 2.05) is 0 Å². The topological polar surface area (TPSA) is 81.4 Å². The van der Waals surface area contributed by atoms with E-state index in [0.717, 1.165) is 12.8 Å². The zero-order chi connectivity index (χ0) is 15.2. The third-order valence-electron chi connectivity index (χ3n) is 3.14. The van der Waals surface area contributed by atoms with Crippen molar-refractivity contribution in [2.45, 2.75) is 50.5 Å². The Balaban J connectivity index is 2.86. The quantitative estimate of drug-likeness (QED) is 0.723. The molecule has 0 saturated heterocycles. The molecule has 20 heavy (non-hydrogen) atoms. The second-order valence-corrected chi connectivity index (χ2v) is 6.51. The average molecular weight is 300 g/mol. The smallest absolute Gasteiger partial charge is 0.238 e. The SMILES string of the molecule is CCCCCC(C)Nc1cc(S(N)(=O)=O)ccc1OC. The molecule has 1 unspecified atom stereocenters. The number of rotatable bonds is 8. The predicted molar refractivity (Wildman–Crippen MR) is 81.6 cm³/mol. The van der Waals surface area contributed by atoms with Crippen LogP contribution in [-0.4, -0.2) is 21.6 Å². The minimum atomic E-state index is -3.70. The molecule has 1 atom stereocenters. The summed E-state index contributed by atoms with van der Waals surface area (Å²) in [5.74, 6) is 0.611. The van der Waals surface area contributed by atoms with Gasteiger partial charge >= 0.3 is 0 Å². The molecule has 1 rings (SSSR count). The standard InChI is InChI=1S/C14H24N2O3S/c1-4-5-6-7-11(2)16-13-10-12(20(15,17)18)8-9-14(13)19-3/h8-11,16H,4-7H2,1-3H3,(H2,15,17,18). The van der Waals surface area contributed by atoms with Crippen LogP contribution in [0.15, 0.2) is 23.1 Å². The highest BCUT2D eigenvalue weighted by Crippen LogP contribution is 2.28. The summed E-state index contributed by atoms with van der Waals surface area (Å²) in [6.07, 6.45) is 4.54. The molecule has 1 aromatic carbocycles. The molecule has 0 bridgehead atoms. The molecule has 0 fully saturated rings. The highest BCUT2D eigenvalue weighted by Gasteiger charge is 2.13. The molecule has 0 aliphatic heterocycles. The van der Waals surface area contributed by atoms with Crippen LogP contribution in [0.4, 0.5) is 5.69 Å². The highest BCUT2D eigenvalue weighted by molar-refractivity contribution is 7.89. The van der Waals surface area contributed by atoms with Gasteiger partial charge in [0.15, 0.2) is 0 Å². The van der Waals surface area contributed by atoms with E-state index < -0.39 is 10.0 Å². The van der Waals surface area contributed by atoms with Crippen LogP contribution in [0.2, 0.25) is 0 Å². The summed E-state index contributed by atoms with van der Waals surface area (Å²) in [5.41, 5.74) is 0.656. The van der Waals surface area contributed by atoms with Crippen molar-refractivity contribution in [1.29, 1.82) is 0 Å². The molecule has 0 spiro atoms. The third-order valence-corrected chi connectivity index (χ3v) is 4.05. The molecule has 114 valence electrons. The number of sulfonamides is 1. The summed E-state index contributed by atoms with van der Waals surface area (Å²) >= 11 is 0. The van der Waals surface area contributed by atoms with Gasteiger partial charge in [-0.2, -0.15) is 0 Å². The van der Waals surface area contributed by atoms with Gasteiger partial charge in [-0.3, -0.25) is 0 Å². The number of primary sulfonamides is 1. The maximum atomic E-state index is 11.4. The third kappa shape index (κ3) is 5.02. The van der Waals surface area contributed by atoms with Crippen molar-refractivity contribution >= 4 is 15.7 Å². The minimum absolute atomic E-state index is 0.0848. The van der Waals surface area contributed by atoms with Crippen molar-refractivity contribution in [3.05, 3.63) is 18.2 Å². The number of methoxy groups -OCH3 is 1. The van der Waals surface area contributed by atoms with E-state index in [0.29, 0.717) is 11.4 Å². The van der Waals surface area contributed by atoms with Crippen LogP contribution in [0.25, 0.3) is 0 Å². The molecule has 0 radical (unpaired) electrons. The lowest BCUT2D eigenvalue weighted by atomic mass is 10.1. The van der Waals surface area contributed by atoms with Crippen molar-refractivity contribution in [2.75, 3.05) is 12.4 Å².